The topological polar surface area (TPSA) is 62.1 Å². The maximum atomic E-state index is 12.2. The number of hydrogen-bond acceptors (Lipinski definition) is 3. The number of nitrogens with one attached hydrogen (secondary N) is 1. The van der Waals surface area contributed by atoms with E-state index in [9.17, 15) is 4.79 Å². The normalized spacial score (nSPS) is 12.7. The number of carbonyl (C=O) groups is 1. The smallest absolute Gasteiger partial charge is 0.260 e. The van der Waals surface area contributed by atoms with Gasteiger partial charge in [0, 0.05) is 12.5 Å². The summed E-state index contributed by atoms with van der Waals surface area (Å²) in [6, 6.07) is 18.9. The number of amides is 1. The highest BCUT2D eigenvalue weighted by molar-refractivity contribution is 5.80. The highest BCUT2D eigenvalue weighted by Crippen LogP contribution is 2.18. The molecule has 0 aliphatic carbocycles. The Bertz CT molecular complexity index is 690. The molecule has 0 saturated heterocycles. The van der Waals surface area contributed by atoms with Crippen molar-refractivity contribution in [1.82, 2.24) is 5.32 Å². The van der Waals surface area contributed by atoms with Crippen molar-refractivity contribution in [1.29, 1.82) is 5.26 Å². The fraction of sp³-hybridized carbons (Fsp3) is 0.300. The van der Waals surface area contributed by atoms with Crippen molar-refractivity contribution in [2.75, 3.05) is 6.54 Å². The second-order valence-electron chi connectivity index (χ2n) is 5.66. The van der Waals surface area contributed by atoms with Crippen LogP contribution in [0.1, 0.15) is 37.3 Å². The van der Waals surface area contributed by atoms with Gasteiger partial charge in [0.25, 0.3) is 5.91 Å². The summed E-state index contributed by atoms with van der Waals surface area (Å²) in [4.78, 5) is 12.2. The van der Waals surface area contributed by atoms with Crippen LogP contribution in [0.2, 0.25) is 0 Å². The van der Waals surface area contributed by atoms with Gasteiger partial charge in [-0.2, -0.15) is 5.26 Å². The highest BCUT2D eigenvalue weighted by atomic mass is 16.5. The highest BCUT2D eigenvalue weighted by Gasteiger charge is 2.17. The molecule has 0 unspecified atom stereocenters. The molecule has 0 radical (unpaired) electrons. The molecular formula is C20H22N2O2. The van der Waals surface area contributed by atoms with Crippen molar-refractivity contribution in [3.63, 3.8) is 0 Å². The van der Waals surface area contributed by atoms with Gasteiger partial charge in [0.2, 0.25) is 0 Å². The number of hydrogen-bond donors (Lipinski definition) is 1. The summed E-state index contributed by atoms with van der Waals surface area (Å²) in [6.45, 7) is 4.41. The largest absolute Gasteiger partial charge is 0.481 e. The minimum absolute atomic E-state index is 0.145. The first-order valence-corrected chi connectivity index (χ1v) is 8.13. The molecule has 0 aromatic heterocycles. The van der Waals surface area contributed by atoms with Crippen LogP contribution < -0.4 is 10.1 Å². The molecule has 2 aromatic carbocycles. The molecule has 124 valence electrons. The number of carbonyl (C=O) groups excluding carboxylic acids is 1. The summed E-state index contributed by atoms with van der Waals surface area (Å²) in [6.07, 6.45) is 0.362. The minimum atomic E-state index is -0.591. The van der Waals surface area contributed by atoms with Gasteiger partial charge in [-0.1, -0.05) is 37.3 Å². The Balaban J connectivity index is 1.87. The van der Waals surface area contributed by atoms with Crippen LogP contribution >= 0.6 is 0 Å². The molecule has 0 bridgehead atoms. The molecule has 2 rings (SSSR count). The van der Waals surface area contributed by atoms with E-state index in [0.717, 1.165) is 6.42 Å². The first kappa shape index (κ1) is 17.6. The van der Waals surface area contributed by atoms with Crippen LogP contribution in [-0.2, 0) is 4.79 Å². The zero-order valence-electron chi connectivity index (χ0n) is 14.0. The van der Waals surface area contributed by atoms with E-state index in [1.54, 1.807) is 31.2 Å². The zero-order valence-corrected chi connectivity index (χ0v) is 14.0. The van der Waals surface area contributed by atoms with E-state index in [-0.39, 0.29) is 11.8 Å². The Kier molecular flexibility index (Phi) is 6.39. The van der Waals surface area contributed by atoms with Crippen LogP contribution in [0.5, 0.6) is 5.75 Å². The monoisotopic (exact) mass is 322 g/mol. The van der Waals surface area contributed by atoms with Crippen molar-refractivity contribution >= 4 is 5.91 Å². The number of rotatable bonds is 7. The van der Waals surface area contributed by atoms with Gasteiger partial charge in [0.05, 0.1) is 11.6 Å². The van der Waals surface area contributed by atoms with E-state index in [1.165, 1.54) is 5.56 Å². The maximum Gasteiger partial charge on any atom is 0.260 e. The average Bonchev–Trinajstić information content (AvgIpc) is 2.63. The van der Waals surface area contributed by atoms with Crippen LogP contribution in [0.15, 0.2) is 54.6 Å². The van der Waals surface area contributed by atoms with Gasteiger partial charge >= 0.3 is 0 Å². The second-order valence-corrected chi connectivity index (χ2v) is 5.66. The molecule has 0 fully saturated rings. The van der Waals surface area contributed by atoms with Gasteiger partial charge in [-0.3, -0.25) is 4.79 Å². The molecule has 0 aliphatic heterocycles. The third-order valence-corrected chi connectivity index (χ3v) is 3.95. The lowest BCUT2D eigenvalue weighted by atomic mass is 9.96. The summed E-state index contributed by atoms with van der Waals surface area (Å²) in [5.41, 5.74) is 1.79. The number of ether oxygens (including phenoxy) is 1. The molecule has 4 nitrogen and oxygen atoms in total. The fourth-order valence-corrected chi connectivity index (χ4v) is 2.46. The quantitative estimate of drug-likeness (QED) is 0.846. The third-order valence-electron chi connectivity index (χ3n) is 3.95. The average molecular weight is 322 g/mol. The maximum absolute atomic E-state index is 12.2. The van der Waals surface area contributed by atoms with Crippen LogP contribution in [0.25, 0.3) is 0 Å². The number of nitrogens with zero attached hydrogens (tertiary/aromatic N) is 1. The predicted molar refractivity (Wildman–Crippen MR) is 93.7 cm³/mol. The lowest BCUT2D eigenvalue weighted by Gasteiger charge is -2.19. The summed E-state index contributed by atoms with van der Waals surface area (Å²) < 4.78 is 5.63. The van der Waals surface area contributed by atoms with Gasteiger partial charge in [-0.15, -0.1) is 0 Å². The summed E-state index contributed by atoms with van der Waals surface area (Å²) in [7, 11) is 0. The summed E-state index contributed by atoms with van der Waals surface area (Å²) in [5, 5.41) is 11.7. The Morgan fingerprint density at radius 2 is 1.83 bits per heavy atom. The lowest BCUT2D eigenvalue weighted by molar-refractivity contribution is -0.127. The number of nitriles is 1. The first-order chi connectivity index (χ1) is 11.6. The number of benzene rings is 2. The van der Waals surface area contributed by atoms with Gasteiger partial charge in [-0.25, -0.2) is 0 Å². The van der Waals surface area contributed by atoms with E-state index in [0.29, 0.717) is 17.9 Å². The van der Waals surface area contributed by atoms with Gasteiger partial charge < -0.3 is 10.1 Å². The minimum Gasteiger partial charge on any atom is -0.481 e. The van der Waals surface area contributed by atoms with Crippen molar-refractivity contribution in [3.05, 3.63) is 65.7 Å². The molecule has 4 heteroatoms. The zero-order chi connectivity index (χ0) is 17.4. The SMILES string of the molecule is CC[C@H](CNC(=O)[C@H](C)Oc1ccc(C#N)cc1)c1ccccc1. The van der Waals surface area contributed by atoms with Crippen molar-refractivity contribution in [3.8, 4) is 11.8 Å². The van der Waals surface area contributed by atoms with Crippen LogP contribution in [0, 0.1) is 11.3 Å². The van der Waals surface area contributed by atoms with E-state index < -0.39 is 6.10 Å². The molecule has 2 aromatic rings. The van der Waals surface area contributed by atoms with Crippen LogP contribution in [0.3, 0.4) is 0 Å². The van der Waals surface area contributed by atoms with E-state index >= 15 is 0 Å². The van der Waals surface area contributed by atoms with Gasteiger partial charge in [-0.05, 0) is 43.2 Å². The standard InChI is InChI=1S/C20H22N2O2/c1-3-17(18-7-5-4-6-8-18)14-22-20(23)15(2)24-19-11-9-16(13-21)10-12-19/h4-12,15,17H,3,14H2,1-2H3,(H,22,23)/t15-,17+/m0/s1. The Morgan fingerprint density at radius 1 is 1.17 bits per heavy atom. The van der Waals surface area contributed by atoms with Crippen LogP contribution in [0.4, 0.5) is 0 Å². The van der Waals surface area contributed by atoms with Gasteiger partial charge in [0.15, 0.2) is 6.10 Å². The Morgan fingerprint density at radius 3 is 2.42 bits per heavy atom. The van der Waals surface area contributed by atoms with Gasteiger partial charge in [0.1, 0.15) is 5.75 Å². The molecular weight excluding hydrogens is 300 g/mol. The Labute approximate surface area is 143 Å². The molecule has 24 heavy (non-hydrogen) atoms. The lowest BCUT2D eigenvalue weighted by Crippen LogP contribution is -2.38. The molecule has 0 spiro atoms. The molecule has 2 atom stereocenters. The summed E-state index contributed by atoms with van der Waals surface area (Å²) in [5.74, 6) is 0.720. The predicted octanol–water partition coefficient (Wildman–Crippen LogP) is 3.64. The third kappa shape index (κ3) is 4.85. The van der Waals surface area contributed by atoms with E-state index in [4.69, 9.17) is 10.00 Å². The fourth-order valence-electron chi connectivity index (χ4n) is 2.46. The second kappa shape index (κ2) is 8.73. The van der Waals surface area contributed by atoms with E-state index in [2.05, 4.69) is 30.4 Å². The van der Waals surface area contributed by atoms with Crippen molar-refractivity contribution in [2.45, 2.75) is 32.3 Å². The molecule has 0 heterocycles. The van der Waals surface area contributed by atoms with Crippen LogP contribution in [-0.4, -0.2) is 18.6 Å². The van der Waals surface area contributed by atoms with Crippen molar-refractivity contribution < 1.29 is 9.53 Å². The molecule has 0 saturated carbocycles. The Hall–Kier alpha value is -2.80. The molecule has 1 N–H and O–H groups in total. The summed E-state index contributed by atoms with van der Waals surface area (Å²) >= 11 is 0. The molecule has 0 aliphatic rings. The first-order valence-electron chi connectivity index (χ1n) is 8.13. The molecule has 1 amide bonds. The van der Waals surface area contributed by atoms with E-state index in [1.807, 2.05) is 18.2 Å². The van der Waals surface area contributed by atoms with Crippen molar-refractivity contribution in [2.24, 2.45) is 0 Å².